The number of rotatable bonds is 6. The van der Waals surface area contributed by atoms with Crippen LogP contribution in [0.25, 0.3) is 5.57 Å². The van der Waals surface area contributed by atoms with Crippen LogP contribution < -0.4 is 16.6 Å². The molecular weight excluding hydrogens is 332 g/mol. The van der Waals surface area contributed by atoms with E-state index < -0.39 is 0 Å². The van der Waals surface area contributed by atoms with Gasteiger partial charge in [-0.05, 0) is 17.6 Å². The van der Waals surface area contributed by atoms with Crippen LogP contribution in [0.1, 0.15) is 30.7 Å². The number of nitrogens with zero attached hydrogens (tertiary/aromatic N) is 1. The van der Waals surface area contributed by atoms with Gasteiger partial charge in [-0.2, -0.15) is 0 Å². The molecule has 1 aromatic heterocycles. The number of carbonyl (C=O) groups excluding carboxylic acids is 2. The molecule has 4 N–H and O–H groups in total. The fourth-order valence-electron chi connectivity index (χ4n) is 3.06. The molecule has 0 atom stereocenters. The van der Waals surface area contributed by atoms with Gasteiger partial charge in [-0.25, -0.2) is 4.98 Å². The van der Waals surface area contributed by atoms with Crippen LogP contribution >= 0.6 is 0 Å². The van der Waals surface area contributed by atoms with Crippen molar-refractivity contribution in [1.29, 1.82) is 0 Å². The molecule has 0 saturated carbocycles. The Labute approximate surface area is 150 Å². The Morgan fingerprint density at radius 2 is 1.96 bits per heavy atom. The predicted octanol–water partition coefficient (Wildman–Crippen LogP) is 1.22. The summed E-state index contributed by atoms with van der Waals surface area (Å²) in [6.07, 6.45) is 1.52. The van der Waals surface area contributed by atoms with Gasteiger partial charge in [0.1, 0.15) is 11.6 Å². The zero-order valence-corrected chi connectivity index (χ0v) is 14.2. The van der Waals surface area contributed by atoms with Crippen LogP contribution in [0.5, 0.6) is 0 Å². The van der Waals surface area contributed by atoms with E-state index in [1.54, 1.807) is 0 Å². The van der Waals surface area contributed by atoms with Crippen molar-refractivity contribution in [2.45, 2.75) is 25.7 Å². The summed E-state index contributed by atoms with van der Waals surface area (Å²) < 4.78 is 0. The summed E-state index contributed by atoms with van der Waals surface area (Å²) in [5.41, 5.74) is 7.73. The average molecular weight is 352 g/mol. The second-order valence-electron chi connectivity index (χ2n) is 6.14. The lowest BCUT2D eigenvalue weighted by Gasteiger charge is -2.08. The second kappa shape index (κ2) is 7.77. The van der Waals surface area contributed by atoms with E-state index in [1.165, 1.54) is 6.07 Å². The predicted molar refractivity (Wildman–Crippen MR) is 98.2 cm³/mol. The number of aromatic nitrogens is 2. The van der Waals surface area contributed by atoms with Gasteiger partial charge in [-0.3, -0.25) is 14.4 Å². The van der Waals surface area contributed by atoms with E-state index in [0.717, 1.165) is 11.1 Å². The van der Waals surface area contributed by atoms with Crippen molar-refractivity contribution in [3.05, 3.63) is 63.7 Å². The van der Waals surface area contributed by atoms with Gasteiger partial charge in [0.25, 0.3) is 5.56 Å². The van der Waals surface area contributed by atoms with Crippen LogP contribution in [-0.2, 0) is 16.0 Å². The molecule has 7 heteroatoms. The molecule has 2 aromatic rings. The number of benzene rings is 1. The van der Waals surface area contributed by atoms with Crippen molar-refractivity contribution in [3.8, 4) is 0 Å². The zero-order chi connectivity index (χ0) is 18.5. The van der Waals surface area contributed by atoms with Crippen molar-refractivity contribution in [2.75, 3.05) is 12.3 Å². The first-order valence-electron chi connectivity index (χ1n) is 8.46. The number of nitrogens with one attached hydrogen (secondary N) is 2. The van der Waals surface area contributed by atoms with Gasteiger partial charge in [0.2, 0.25) is 5.91 Å². The maximum atomic E-state index is 12.2. The Balaban J connectivity index is 1.61. The first-order valence-corrected chi connectivity index (χ1v) is 8.46. The van der Waals surface area contributed by atoms with Gasteiger partial charge in [-0.15, -0.1) is 0 Å². The van der Waals surface area contributed by atoms with Gasteiger partial charge in [-0.1, -0.05) is 30.3 Å². The molecule has 134 valence electrons. The fourth-order valence-corrected chi connectivity index (χ4v) is 3.06. The SMILES string of the molecule is Nc1cc(=O)[nH]c(CCNC(=O)CC2=C(c3ccccc3)CCC2=O)n1. The number of amides is 1. The van der Waals surface area contributed by atoms with E-state index in [2.05, 4.69) is 15.3 Å². The first-order chi connectivity index (χ1) is 12.5. The smallest absolute Gasteiger partial charge is 0.252 e. The van der Waals surface area contributed by atoms with Gasteiger partial charge in [0, 0.05) is 31.0 Å². The maximum absolute atomic E-state index is 12.2. The van der Waals surface area contributed by atoms with E-state index in [-0.39, 0.29) is 29.5 Å². The lowest BCUT2D eigenvalue weighted by molar-refractivity contribution is -0.122. The topological polar surface area (TPSA) is 118 Å². The molecule has 1 heterocycles. The number of hydrogen-bond donors (Lipinski definition) is 3. The minimum atomic E-state index is -0.326. The third-order valence-corrected chi connectivity index (χ3v) is 4.26. The van der Waals surface area contributed by atoms with E-state index >= 15 is 0 Å². The Hall–Kier alpha value is -3.22. The Bertz CT molecular complexity index is 916. The van der Waals surface area contributed by atoms with Gasteiger partial charge in [0.15, 0.2) is 5.78 Å². The Kier molecular flexibility index (Phi) is 5.26. The number of hydrogen-bond acceptors (Lipinski definition) is 5. The summed E-state index contributed by atoms with van der Waals surface area (Å²) in [5, 5.41) is 2.76. The lowest BCUT2D eigenvalue weighted by atomic mass is 10.00. The van der Waals surface area contributed by atoms with E-state index in [9.17, 15) is 14.4 Å². The standard InChI is InChI=1S/C19H20N4O3/c20-16-11-19(26)23-17(22-16)8-9-21-18(25)10-14-13(6-7-15(14)24)12-4-2-1-3-5-12/h1-5,11H,6-10H2,(H,21,25)(H3,20,22,23,26). The Morgan fingerprint density at radius 3 is 2.69 bits per heavy atom. The highest BCUT2D eigenvalue weighted by atomic mass is 16.2. The van der Waals surface area contributed by atoms with Crippen LogP contribution in [0.3, 0.4) is 0 Å². The van der Waals surface area contributed by atoms with Crippen molar-refractivity contribution in [2.24, 2.45) is 0 Å². The molecular formula is C19H20N4O3. The highest BCUT2D eigenvalue weighted by Crippen LogP contribution is 2.33. The first kappa shape index (κ1) is 17.6. The van der Waals surface area contributed by atoms with E-state index in [4.69, 9.17) is 5.73 Å². The number of ketones is 1. The van der Waals surface area contributed by atoms with Crippen LogP contribution in [0.15, 0.2) is 46.8 Å². The van der Waals surface area contributed by atoms with Gasteiger partial charge < -0.3 is 16.0 Å². The number of H-pyrrole nitrogens is 1. The van der Waals surface area contributed by atoms with Crippen molar-refractivity contribution >= 4 is 23.1 Å². The molecule has 0 spiro atoms. The number of aromatic amines is 1. The van der Waals surface area contributed by atoms with Crippen LogP contribution in [0.2, 0.25) is 0 Å². The minimum Gasteiger partial charge on any atom is -0.383 e. The summed E-state index contributed by atoms with van der Waals surface area (Å²) in [6.45, 7) is 0.299. The van der Waals surface area contributed by atoms with Crippen molar-refractivity contribution in [1.82, 2.24) is 15.3 Å². The molecule has 1 amide bonds. The fraction of sp³-hybridized carbons (Fsp3) is 0.263. The molecule has 1 aliphatic rings. The summed E-state index contributed by atoms with van der Waals surface area (Å²) in [7, 11) is 0. The normalized spacial score (nSPS) is 13.9. The van der Waals surface area contributed by atoms with Crippen LogP contribution in [0.4, 0.5) is 5.82 Å². The number of nitrogen functional groups attached to an aromatic ring is 1. The number of nitrogens with two attached hydrogens (primary N) is 1. The molecule has 0 fully saturated rings. The third-order valence-electron chi connectivity index (χ3n) is 4.26. The molecule has 0 saturated heterocycles. The molecule has 0 aliphatic heterocycles. The molecule has 3 rings (SSSR count). The summed E-state index contributed by atoms with van der Waals surface area (Å²) in [5.74, 6) is 0.358. The highest BCUT2D eigenvalue weighted by Gasteiger charge is 2.25. The van der Waals surface area contributed by atoms with Gasteiger partial charge in [0.05, 0.1) is 6.42 Å². The summed E-state index contributed by atoms with van der Waals surface area (Å²) in [6, 6.07) is 10.9. The molecule has 0 unspecified atom stereocenters. The molecule has 0 bridgehead atoms. The molecule has 7 nitrogen and oxygen atoms in total. The summed E-state index contributed by atoms with van der Waals surface area (Å²) >= 11 is 0. The number of allylic oxidation sites excluding steroid dienone is 1. The average Bonchev–Trinajstić information content (AvgIpc) is 2.95. The van der Waals surface area contributed by atoms with Gasteiger partial charge >= 0.3 is 0 Å². The van der Waals surface area contributed by atoms with E-state index in [0.29, 0.717) is 37.2 Å². The molecule has 0 radical (unpaired) electrons. The molecule has 1 aromatic carbocycles. The highest BCUT2D eigenvalue weighted by molar-refractivity contribution is 6.10. The third kappa shape index (κ3) is 4.24. The lowest BCUT2D eigenvalue weighted by Crippen LogP contribution is -2.27. The van der Waals surface area contributed by atoms with Crippen LogP contribution in [-0.4, -0.2) is 28.2 Å². The van der Waals surface area contributed by atoms with Crippen LogP contribution in [0, 0.1) is 0 Å². The second-order valence-corrected chi connectivity index (χ2v) is 6.14. The quantitative estimate of drug-likeness (QED) is 0.722. The zero-order valence-electron chi connectivity index (χ0n) is 14.2. The molecule has 1 aliphatic carbocycles. The molecule has 26 heavy (non-hydrogen) atoms. The maximum Gasteiger partial charge on any atom is 0.252 e. The number of carbonyl (C=O) groups is 2. The van der Waals surface area contributed by atoms with Crippen molar-refractivity contribution in [3.63, 3.8) is 0 Å². The largest absolute Gasteiger partial charge is 0.383 e. The summed E-state index contributed by atoms with van der Waals surface area (Å²) in [4.78, 5) is 42.3. The monoisotopic (exact) mass is 352 g/mol. The van der Waals surface area contributed by atoms with Crippen molar-refractivity contribution < 1.29 is 9.59 Å². The Morgan fingerprint density at radius 1 is 1.19 bits per heavy atom. The number of anilines is 1. The minimum absolute atomic E-state index is 0.0285. The number of Topliss-reactive ketones (excluding diaryl/α,β-unsaturated/α-hetero) is 1. The van der Waals surface area contributed by atoms with E-state index in [1.807, 2.05) is 30.3 Å².